The number of nitro groups is 1. The Balaban J connectivity index is 2.65. The number of pyridine rings is 1. The number of aromatic nitrogens is 1. The molecule has 0 atom stereocenters. The van der Waals surface area contributed by atoms with Crippen LogP contribution in [0.15, 0.2) is 6.07 Å². The summed E-state index contributed by atoms with van der Waals surface area (Å²) >= 11 is 0. The summed E-state index contributed by atoms with van der Waals surface area (Å²) in [6.07, 6.45) is 2.45. The van der Waals surface area contributed by atoms with Gasteiger partial charge in [0, 0.05) is 11.8 Å². The molecule has 1 aromatic rings. The van der Waals surface area contributed by atoms with Crippen molar-refractivity contribution in [2.45, 2.75) is 38.5 Å². The zero-order chi connectivity index (χ0) is 13.5. The van der Waals surface area contributed by atoms with Gasteiger partial charge in [-0.2, -0.15) is 0 Å². The highest BCUT2D eigenvalue weighted by atomic mass is 16.6. The first-order chi connectivity index (χ1) is 8.34. The predicted molar refractivity (Wildman–Crippen MR) is 63.6 cm³/mol. The third-order valence-corrected chi connectivity index (χ3v) is 3.35. The fraction of sp³-hybridized carbons (Fsp3) is 0.500. The van der Waals surface area contributed by atoms with E-state index < -0.39 is 16.3 Å². The Labute approximate surface area is 104 Å². The summed E-state index contributed by atoms with van der Waals surface area (Å²) in [7, 11) is 0. The Bertz CT molecular complexity index is 537. The molecule has 1 aliphatic carbocycles. The van der Waals surface area contributed by atoms with E-state index in [0.717, 1.165) is 30.5 Å². The maximum absolute atomic E-state index is 11.2. The molecule has 6 nitrogen and oxygen atoms in total. The molecule has 6 heteroatoms. The average molecular weight is 250 g/mol. The number of hydrogen-bond acceptors (Lipinski definition) is 4. The van der Waals surface area contributed by atoms with E-state index in [1.807, 2.05) is 0 Å². The van der Waals surface area contributed by atoms with Gasteiger partial charge in [-0.05, 0) is 38.7 Å². The fourth-order valence-corrected chi connectivity index (χ4v) is 2.16. The second kappa shape index (κ2) is 4.04. The van der Waals surface area contributed by atoms with Crippen LogP contribution in [-0.4, -0.2) is 21.0 Å². The molecule has 0 aromatic carbocycles. The minimum absolute atomic E-state index is 0.0423. The summed E-state index contributed by atoms with van der Waals surface area (Å²) in [5.41, 5.74) is 0.153. The van der Waals surface area contributed by atoms with Crippen molar-refractivity contribution in [1.29, 1.82) is 0 Å². The monoisotopic (exact) mass is 250 g/mol. The summed E-state index contributed by atoms with van der Waals surface area (Å²) in [6, 6.07) is 1.48. The van der Waals surface area contributed by atoms with Gasteiger partial charge in [0.05, 0.1) is 4.92 Å². The lowest BCUT2D eigenvalue weighted by atomic mass is 9.87. The quantitative estimate of drug-likeness (QED) is 0.652. The molecule has 0 spiro atoms. The molecular weight excluding hydrogens is 236 g/mol. The largest absolute Gasteiger partial charge is 0.481 e. The van der Waals surface area contributed by atoms with E-state index in [-0.39, 0.29) is 11.4 Å². The summed E-state index contributed by atoms with van der Waals surface area (Å²) in [5.74, 6) is -1.11. The predicted octanol–water partition coefficient (Wildman–Crippen LogP) is 1.84. The molecule has 96 valence electrons. The molecule has 0 saturated heterocycles. The highest BCUT2D eigenvalue weighted by Gasteiger charge is 2.39. The topological polar surface area (TPSA) is 93.3 Å². The molecule has 1 heterocycles. The van der Waals surface area contributed by atoms with Crippen LogP contribution in [0.5, 0.6) is 0 Å². The number of fused-ring (bicyclic) bond motifs is 1. The highest BCUT2D eigenvalue weighted by molar-refractivity contribution is 5.81. The molecule has 2 rings (SSSR count). The van der Waals surface area contributed by atoms with Gasteiger partial charge in [0.2, 0.25) is 0 Å². The molecule has 1 N–H and O–H groups in total. The molecule has 18 heavy (non-hydrogen) atoms. The normalized spacial score (nSPS) is 14.3. The van der Waals surface area contributed by atoms with Crippen molar-refractivity contribution < 1.29 is 14.8 Å². The maximum Gasteiger partial charge on any atom is 0.315 e. The Hall–Kier alpha value is -1.98. The average Bonchev–Trinajstić information content (AvgIpc) is 2.73. The van der Waals surface area contributed by atoms with Crippen LogP contribution in [-0.2, 0) is 23.1 Å². The first kappa shape index (κ1) is 12.5. The molecule has 0 unspecified atom stereocenters. The Morgan fingerprint density at radius 1 is 1.50 bits per heavy atom. The van der Waals surface area contributed by atoms with Crippen molar-refractivity contribution in [3.63, 3.8) is 0 Å². The number of carboxylic acid groups (broad SMARTS) is 1. The van der Waals surface area contributed by atoms with Crippen LogP contribution in [0.1, 0.15) is 37.2 Å². The minimum Gasteiger partial charge on any atom is -0.481 e. The standard InChI is InChI=1S/C12H14N2O4/c1-12(2,11(15)16)10-9(14(17)18)6-7-4-3-5-8(7)13-10/h6H,3-5H2,1-2H3,(H,15,16). The number of hydrogen-bond donors (Lipinski definition) is 1. The number of rotatable bonds is 3. The van der Waals surface area contributed by atoms with E-state index in [4.69, 9.17) is 0 Å². The fourth-order valence-electron chi connectivity index (χ4n) is 2.16. The van der Waals surface area contributed by atoms with E-state index in [1.54, 1.807) is 0 Å². The first-order valence-electron chi connectivity index (χ1n) is 5.75. The third kappa shape index (κ3) is 1.83. The summed E-state index contributed by atoms with van der Waals surface area (Å²) in [5, 5.41) is 20.3. The summed E-state index contributed by atoms with van der Waals surface area (Å²) in [6.45, 7) is 2.87. The van der Waals surface area contributed by atoms with Gasteiger partial charge in [-0.15, -0.1) is 0 Å². The van der Waals surface area contributed by atoms with Crippen molar-refractivity contribution in [1.82, 2.24) is 4.98 Å². The SMILES string of the molecule is CC(C)(C(=O)O)c1nc2c(cc1[N+](=O)[O-])CCC2. The van der Waals surface area contributed by atoms with Gasteiger partial charge < -0.3 is 5.11 Å². The van der Waals surface area contributed by atoms with Gasteiger partial charge in [0.1, 0.15) is 11.1 Å². The van der Waals surface area contributed by atoms with Crippen LogP contribution in [0.3, 0.4) is 0 Å². The number of carbonyl (C=O) groups is 1. The highest BCUT2D eigenvalue weighted by Crippen LogP contribution is 2.34. The Morgan fingerprint density at radius 3 is 2.72 bits per heavy atom. The zero-order valence-electron chi connectivity index (χ0n) is 10.3. The van der Waals surface area contributed by atoms with Crippen LogP contribution >= 0.6 is 0 Å². The number of carboxylic acids is 1. The van der Waals surface area contributed by atoms with Gasteiger partial charge in [-0.25, -0.2) is 4.98 Å². The molecule has 1 aliphatic rings. The Kier molecular flexibility index (Phi) is 2.80. The summed E-state index contributed by atoms with van der Waals surface area (Å²) < 4.78 is 0. The van der Waals surface area contributed by atoms with E-state index in [0.29, 0.717) is 0 Å². The van der Waals surface area contributed by atoms with E-state index >= 15 is 0 Å². The van der Waals surface area contributed by atoms with Crippen molar-refractivity contribution in [2.75, 3.05) is 0 Å². The first-order valence-corrected chi connectivity index (χ1v) is 5.75. The van der Waals surface area contributed by atoms with Gasteiger partial charge in [-0.3, -0.25) is 14.9 Å². The smallest absolute Gasteiger partial charge is 0.315 e. The second-order valence-electron chi connectivity index (χ2n) is 5.00. The van der Waals surface area contributed by atoms with E-state index in [1.165, 1.54) is 19.9 Å². The lowest BCUT2D eigenvalue weighted by Crippen LogP contribution is -2.31. The van der Waals surface area contributed by atoms with Crippen molar-refractivity contribution in [3.8, 4) is 0 Å². The van der Waals surface area contributed by atoms with Crippen molar-refractivity contribution >= 4 is 11.7 Å². The van der Waals surface area contributed by atoms with Gasteiger partial charge in [0.25, 0.3) is 5.69 Å². The Morgan fingerprint density at radius 2 is 2.17 bits per heavy atom. The van der Waals surface area contributed by atoms with Crippen LogP contribution in [0.2, 0.25) is 0 Å². The number of aliphatic carboxylic acids is 1. The number of aryl methyl sites for hydroxylation is 2. The third-order valence-electron chi connectivity index (χ3n) is 3.35. The molecule has 0 saturated carbocycles. The maximum atomic E-state index is 11.2. The van der Waals surface area contributed by atoms with Gasteiger partial charge in [0.15, 0.2) is 0 Å². The van der Waals surface area contributed by atoms with E-state index in [2.05, 4.69) is 4.98 Å². The molecule has 0 fully saturated rings. The molecule has 0 bridgehead atoms. The minimum atomic E-state index is -1.36. The molecule has 0 amide bonds. The molecule has 0 aliphatic heterocycles. The van der Waals surface area contributed by atoms with Crippen LogP contribution in [0, 0.1) is 10.1 Å². The molecule has 0 radical (unpaired) electrons. The second-order valence-corrected chi connectivity index (χ2v) is 5.00. The van der Waals surface area contributed by atoms with Crippen LogP contribution in [0.25, 0.3) is 0 Å². The van der Waals surface area contributed by atoms with Gasteiger partial charge in [-0.1, -0.05) is 0 Å². The molecule has 1 aromatic heterocycles. The van der Waals surface area contributed by atoms with Crippen LogP contribution in [0.4, 0.5) is 5.69 Å². The van der Waals surface area contributed by atoms with Crippen molar-refractivity contribution in [2.24, 2.45) is 0 Å². The van der Waals surface area contributed by atoms with Crippen molar-refractivity contribution in [3.05, 3.63) is 33.1 Å². The molecular formula is C12H14N2O4. The zero-order valence-corrected chi connectivity index (χ0v) is 10.3. The lowest BCUT2D eigenvalue weighted by molar-refractivity contribution is -0.386. The lowest BCUT2D eigenvalue weighted by Gasteiger charge is -2.19. The van der Waals surface area contributed by atoms with Gasteiger partial charge >= 0.3 is 5.97 Å². The van der Waals surface area contributed by atoms with Crippen LogP contribution < -0.4 is 0 Å². The summed E-state index contributed by atoms with van der Waals surface area (Å²) in [4.78, 5) is 26.0. The van der Waals surface area contributed by atoms with E-state index in [9.17, 15) is 20.0 Å². The number of nitrogens with zero attached hydrogens (tertiary/aromatic N) is 2.